The second-order valence-corrected chi connectivity index (χ2v) is 10.5. The molecule has 208 valence electrons. The molecule has 1 saturated carbocycles. The number of alkyl halides is 3. The topological polar surface area (TPSA) is 102 Å². The number of fused-ring (bicyclic) bond motifs is 1. The monoisotopic (exact) mass is 535 g/mol. The highest BCUT2D eigenvalue weighted by Gasteiger charge is 2.37. The second kappa shape index (κ2) is 11.7. The van der Waals surface area contributed by atoms with Gasteiger partial charge in [-0.2, -0.15) is 13.2 Å². The van der Waals surface area contributed by atoms with Crippen molar-refractivity contribution in [1.29, 1.82) is 0 Å². The summed E-state index contributed by atoms with van der Waals surface area (Å²) in [6.07, 6.45) is 1.97. The minimum atomic E-state index is -4.48. The number of carbonyl (C=O) groups excluding carboxylic acids is 2. The average molecular weight is 536 g/mol. The fraction of sp³-hybridized carbons (Fsp3) is 0.615. The van der Waals surface area contributed by atoms with Crippen LogP contribution in [-0.4, -0.2) is 83.6 Å². The van der Waals surface area contributed by atoms with E-state index in [9.17, 15) is 22.8 Å². The lowest BCUT2D eigenvalue weighted by atomic mass is 9.79. The predicted molar refractivity (Wildman–Crippen MR) is 139 cm³/mol. The highest BCUT2D eigenvalue weighted by molar-refractivity contribution is 5.91. The maximum absolute atomic E-state index is 13.1. The molecule has 0 spiro atoms. The van der Waals surface area contributed by atoms with E-state index in [-0.39, 0.29) is 41.8 Å². The smallest absolute Gasteiger partial charge is 0.360 e. The zero-order valence-corrected chi connectivity index (χ0v) is 22.0. The molecule has 1 aliphatic heterocycles. The Morgan fingerprint density at radius 1 is 1.13 bits per heavy atom. The molecule has 3 amide bonds. The number of amides is 3. The van der Waals surface area contributed by atoms with Crippen molar-refractivity contribution in [3.63, 3.8) is 0 Å². The fourth-order valence-corrected chi connectivity index (χ4v) is 5.43. The summed E-state index contributed by atoms with van der Waals surface area (Å²) >= 11 is 0. The first-order valence-electron chi connectivity index (χ1n) is 13.1. The number of benzene rings is 1. The Labute approximate surface area is 220 Å². The Kier molecular flexibility index (Phi) is 8.59. The van der Waals surface area contributed by atoms with Crippen molar-refractivity contribution in [1.82, 2.24) is 30.4 Å². The number of aromatic nitrogens is 2. The summed E-state index contributed by atoms with van der Waals surface area (Å²) < 4.78 is 39.3. The lowest BCUT2D eigenvalue weighted by Crippen LogP contribution is -2.63. The summed E-state index contributed by atoms with van der Waals surface area (Å²) in [5, 5.41) is 9.20. The van der Waals surface area contributed by atoms with Crippen molar-refractivity contribution in [2.75, 3.05) is 39.0 Å². The fourth-order valence-electron chi connectivity index (χ4n) is 5.43. The highest BCUT2D eigenvalue weighted by Crippen LogP contribution is 2.34. The van der Waals surface area contributed by atoms with Crippen molar-refractivity contribution in [2.24, 2.45) is 5.92 Å². The number of urea groups is 1. The van der Waals surface area contributed by atoms with Crippen LogP contribution in [0, 0.1) is 5.92 Å². The molecule has 1 unspecified atom stereocenters. The molecule has 3 N–H and O–H groups in total. The van der Waals surface area contributed by atoms with Crippen molar-refractivity contribution in [2.45, 2.75) is 63.3 Å². The van der Waals surface area contributed by atoms with Crippen LogP contribution in [0.1, 0.15) is 44.6 Å². The van der Waals surface area contributed by atoms with Gasteiger partial charge in [-0.15, -0.1) is 0 Å². The van der Waals surface area contributed by atoms with E-state index >= 15 is 0 Å². The molecule has 1 aliphatic carbocycles. The van der Waals surface area contributed by atoms with Gasteiger partial charge in [-0.25, -0.2) is 14.8 Å². The summed E-state index contributed by atoms with van der Waals surface area (Å²) in [4.78, 5) is 36.6. The molecule has 38 heavy (non-hydrogen) atoms. The third-order valence-electron chi connectivity index (χ3n) is 7.64. The van der Waals surface area contributed by atoms with Crippen LogP contribution in [0.25, 0.3) is 10.9 Å². The summed E-state index contributed by atoms with van der Waals surface area (Å²) in [5.41, 5.74) is -0.426. The van der Waals surface area contributed by atoms with E-state index in [1.54, 1.807) is 19.0 Å². The number of rotatable bonds is 8. The minimum absolute atomic E-state index is 0.0452. The Morgan fingerprint density at radius 3 is 2.47 bits per heavy atom. The van der Waals surface area contributed by atoms with Gasteiger partial charge in [0, 0.05) is 44.7 Å². The van der Waals surface area contributed by atoms with Crippen LogP contribution in [0.15, 0.2) is 24.5 Å². The molecule has 1 aromatic heterocycles. The standard InChI is InChI=1S/C26H36F3N7O2/c1-4-21(34-25(38)35(2)3)16-5-8-19(9-6-16)36-13-18(14-36)33-23(37)12-30-24-20-11-17(26(27,28)29)7-10-22(20)31-15-32-24/h7,10-11,15-16,18-19,21H,4-6,8-9,12-14H2,1-3H3,(H,33,37)(H,34,38)(H,30,31,32)/t16-,19+,21?. The molecule has 0 bridgehead atoms. The van der Waals surface area contributed by atoms with Gasteiger partial charge in [0.25, 0.3) is 0 Å². The van der Waals surface area contributed by atoms with Crippen molar-refractivity contribution in [3.8, 4) is 0 Å². The van der Waals surface area contributed by atoms with Gasteiger partial charge in [0.2, 0.25) is 5.91 Å². The molecule has 12 heteroatoms. The number of nitrogens with one attached hydrogen (secondary N) is 3. The van der Waals surface area contributed by atoms with Gasteiger partial charge in [-0.05, 0) is 56.2 Å². The van der Waals surface area contributed by atoms with E-state index in [1.165, 1.54) is 12.4 Å². The lowest BCUT2D eigenvalue weighted by molar-refractivity contribution is -0.137. The van der Waals surface area contributed by atoms with Crippen LogP contribution in [0.3, 0.4) is 0 Å². The van der Waals surface area contributed by atoms with E-state index in [0.717, 1.165) is 57.3 Å². The predicted octanol–water partition coefficient (Wildman–Crippen LogP) is 3.47. The van der Waals surface area contributed by atoms with E-state index in [1.807, 2.05) is 0 Å². The van der Waals surface area contributed by atoms with E-state index < -0.39 is 11.7 Å². The number of nitrogens with zero attached hydrogens (tertiary/aromatic N) is 4. The van der Waals surface area contributed by atoms with Crippen LogP contribution < -0.4 is 16.0 Å². The Bertz CT molecular complexity index is 1130. The molecular weight excluding hydrogens is 499 g/mol. The number of halogens is 3. The number of anilines is 1. The molecule has 4 rings (SSSR count). The third kappa shape index (κ3) is 6.64. The van der Waals surface area contributed by atoms with Crippen molar-refractivity contribution >= 4 is 28.7 Å². The van der Waals surface area contributed by atoms with E-state index in [2.05, 4.69) is 37.7 Å². The normalized spacial score (nSPS) is 21.4. The van der Waals surface area contributed by atoms with E-state index in [4.69, 9.17) is 0 Å². The van der Waals surface area contributed by atoms with Gasteiger partial charge >= 0.3 is 12.2 Å². The first kappa shape index (κ1) is 27.9. The average Bonchev–Trinajstić information content (AvgIpc) is 2.87. The van der Waals surface area contributed by atoms with Crippen LogP contribution in [0.5, 0.6) is 0 Å². The first-order valence-corrected chi connectivity index (χ1v) is 13.1. The molecule has 1 aromatic carbocycles. The van der Waals surface area contributed by atoms with Gasteiger partial charge in [0.15, 0.2) is 0 Å². The molecule has 9 nitrogen and oxygen atoms in total. The third-order valence-corrected chi connectivity index (χ3v) is 7.64. The maximum Gasteiger partial charge on any atom is 0.416 e. The number of likely N-dealkylation sites (tertiary alicyclic amines) is 1. The minimum Gasteiger partial charge on any atom is -0.360 e. The van der Waals surface area contributed by atoms with Crippen molar-refractivity contribution < 1.29 is 22.8 Å². The number of hydrogen-bond acceptors (Lipinski definition) is 6. The zero-order chi connectivity index (χ0) is 27.4. The Balaban J connectivity index is 1.21. The van der Waals surface area contributed by atoms with Crippen LogP contribution in [-0.2, 0) is 11.0 Å². The van der Waals surface area contributed by atoms with Crippen molar-refractivity contribution in [3.05, 3.63) is 30.1 Å². The molecule has 1 saturated heterocycles. The second-order valence-electron chi connectivity index (χ2n) is 10.5. The molecule has 2 aliphatic rings. The molecule has 1 atom stereocenters. The van der Waals surface area contributed by atoms with Gasteiger partial charge in [-0.1, -0.05) is 6.92 Å². The first-order chi connectivity index (χ1) is 18.0. The van der Waals surface area contributed by atoms with Gasteiger partial charge in [0.1, 0.15) is 12.1 Å². The van der Waals surface area contributed by atoms with Gasteiger partial charge in [-0.3, -0.25) is 9.69 Å². The molecule has 2 aromatic rings. The molecular formula is C26H36F3N7O2. The number of carbonyl (C=O) groups is 2. The molecule has 2 fully saturated rings. The van der Waals surface area contributed by atoms with E-state index in [0.29, 0.717) is 17.5 Å². The largest absolute Gasteiger partial charge is 0.416 e. The quantitative estimate of drug-likeness (QED) is 0.479. The van der Waals surface area contributed by atoms with Gasteiger partial charge in [0.05, 0.1) is 23.7 Å². The van der Waals surface area contributed by atoms with Crippen LogP contribution >= 0.6 is 0 Å². The summed E-state index contributed by atoms with van der Waals surface area (Å²) in [6, 6.07) is 3.93. The molecule has 0 radical (unpaired) electrons. The van der Waals surface area contributed by atoms with Crippen LogP contribution in [0.4, 0.5) is 23.8 Å². The Hall–Kier alpha value is -3.15. The lowest BCUT2D eigenvalue weighted by Gasteiger charge is -2.47. The number of hydrogen-bond donors (Lipinski definition) is 3. The SMILES string of the molecule is CCC(NC(=O)N(C)C)[C@H]1CC[C@@H](N2CC(NC(=O)CNc3ncnc4ccc(C(F)(F)F)cc34)C2)CC1. The summed E-state index contributed by atoms with van der Waals surface area (Å²) in [7, 11) is 3.50. The van der Waals surface area contributed by atoms with Gasteiger partial charge < -0.3 is 20.9 Å². The maximum atomic E-state index is 13.1. The highest BCUT2D eigenvalue weighted by atomic mass is 19.4. The zero-order valence-electron chi connectivity index (χ0n) is 22.0. The Morgan fingerprint density at radius 2 is 1.84 bits per heavy atom. The summed E-state index contributed by atoms with van der Waals surface area (Å²) in [6.45, 7) is 3.57. The summed E-state index contributed by atoms with van der Waals surface area (Å²) in [5.74, 6) is 0.433. The van der Waals surface area contributed by atoms with Crippen LogP contribution in [0.2, 0.25) is 0 Å². The molecule has 2 heterocycles.